The first-order chi connectivity index (χ1) is 8.41. The molecule has 0 fully saturated rings. The fraction of sp³-hybridized carbons (Fsp3) is 0.786. The summed E-state index contributed by atoms with van der Waals surface area (Å²) in [6, 6.07) is 0.475. The SMILES string of the molecule is Cc1nn(C)c(C)c1CNC(C)CNCC(C)C. The first kappa shape index (κ1) is 15.2. The van der Waals surface area contributed by atoms with Crippen molar-refractivity contribution < 1.29 is 0 Å². The normalized spacial score (nSPS) is 13.3. The zero-order valence-corrected chi connectivity index (χ0v) is 12.7. The largest absolute Gasteiger partial charge is 0.315 e. The molecule has 0 spiro atoms. The molecular weight excluding hydrogens is 224 g/mol. The summed E-state index contributed by atoms with van der Waals surface area (Å²) in [6.07, 6.45) is 0. The van der Waals surface area contributed by atoms with Crippen LogP contribution in [0.4, 0.5) is 0 Å². The van der Waals surface area contributed by atoms with Crippen LogP contribution in [0.25, 0.3) is 0 Å². The molecule has 0 bridgehead atoms. The first-order valence-electron chi connectivity index (χ1n) is 6.85. The van der Waals surface area contributed by atoms with Gasteiger partial charge < -0.3 is 10.6 Å². The molecule has 1 unspecified atom stereocenters. The Hall–Kier alpha value is -0.870. The maximum absolute atomic E-state index is 4.43. The molecule has 0 radical (unpaired) electrons. The van der Waals surface area contributed by atoms with Crippen LogP contribution in [0.5, 0.6) is 0 Å². The van der Waals surface area contributed by atoms with Crippen LogP contribution in [0.3, 0.4) is 0 Å². The molecule has 2 N–H and O–H groups in total. The van der Waals surface area contributed by atoms with E-state index in [1.807, 2.05) is 11.7 Å². The second-order valence-electron chi connectivity index (χ2n) is 5.61. The highest BCUT2D eigenvalue weighted by Crippen LogP contribution is 2.11. The molecule has 104 valence electrons. The second kappa shape index (κ2) is 6.90. The van der Waals surface area contributed by atoms with Crippen molar-refractivity contribution in [2.45, 2.75) is 47.2 Å². The molecule has 1 atom stereocenters. The predicted octanol–water partition coefficient (Wildman–Crippen LogP) is 1.76. The van der Waals surface area contributed by atoms with Crippen LogP contribution in [0.15, 0.2) is 0 Å². The molecule has 0 aromatic carbocycles. The van der Waals surface area contributed by atoms with Crippen molar-refractivity contribution in [2.75, 3.05) is 13.1 Å². The standard InChI is InChI=1S/C14H28N4/c1-10(2)7-15-8-11(3)16-9-14-12(4)17-18(6)13(14)5/h10-11,15-16H,7-9H2,1-6H3. The van der Waals surface area contributed by atoms with Crippen LogP contribution in [-0.2, 0) is 13.6 Å². The molecule has 4 nitrogen and oxygen atoms in total. The van der Waals surface area contributed by atoms with Gasteiger partial charge in [0.05, 0.1) is 5.69 Å². The number of nitrogens with one attached hydrogen (secondary N) is 2. The van der Waals surface area contributed by atoms with Gasteiger partial charge in [0.25, 0.3) is 0 Å². The summed E-state index contributed by atoms with van der Waals surface area (Å²) in [7, 11) is 2.00. The van der Waals surface area contributed by atoms with Crippen LogP contribution in [-0.4, -0.2) is 28.9 Å². The van der Waals surface area contributed by atoms with E-state index in [-0.39, 0.29) is 0 Å². The Kier molecular flexibility index (Phi) is 5.82. The molecule has 0 aliphatic rings. The number of nitrogens with zero attached hydrogens (tertiary/aromatic N) is 2. The van der Waals surface area contributed by atoms with Crippen molar-refractivity contribution in [3.8, 4) is 0 Å². The summed E-state index contributed by atoms with van der Waals surface area (Å²) < 4.78 is 1.95. The van der Waals surface area contributed by atoms with Gasteiger partial charge in [-0.15, -0.1) is 0 Å². The summed E-state index contributed by atoms with van der Waals surface area (Å²) in [4.78, 5) is 0. The third-order valence-electron chi connectivity index (χ3n) is 3.29. The molecule has 1 aromatic rings. The zero-order chi connectivity index (χ0) is 13.7. The minimum Gasteiger partial charge on any atom is -0.315 e. The predicted molar refractivity (Wildman–Crippen MR) is 76.7 cm³/mol. The fourth-order valence-corrected chi connectivity index (χ4v) is 2.01. The third kappa shape index (κ3) is 4.42. The molecular formula is C14H28N4. The number of hydrogen-bond acceptors (Lipinski definition) is 3. The lowest BCUT2D eigenvalue weighted by molar-refractivity contribution is 0.471. The minimum atomic E-state index is 0.475. The first-order valence-corrected chi connectivity index (χ1v) is 6.85. The van der Waals surface area contributed by atoms with Crippen LogP contribution >= 0.6 is 0 Å². The Balaban J connectivity index is 2.36. The highest BCUT2D eigenvalue weighted by atomic mass is 15.3. The summed E-state index contributed by atoms with van der Waals surface area (Å²) in [5.41, 5.74) is 3.71. The van der Waals surface area contributed by atoms with E-state index in [9.17, 15) is 0 Å². The van der Waals surface area contributed by atoms with E-state index in [4.69, 9.17) is 0 Å². The Morgan fingerprint density at radius 2 is 1.83 bits per heavy atom. The average Bonchev–Trinajstić information content (AvgIpc) is 2.50. The van der Waals surface area contributed by atoms with Crippen molar-refractivity contribution in [1.29, 1.82) is 0 Å². The Morgan fingerprint density at radius 1 is 1.17 bits per heavy atom. The summed E-state index contributed by atoms with van der Waals surface area (Å²) in [5.74, 6) is 0.708. The second-order valence-corrected chi connectivity index (χ2v) is 5.61. The molecule has 1 heterocycles. The number of aryl methyl sites for hydroxylation is 2. The highest BCUT2D eigenvalue weighted by molar-refractivity contribution is 5.24. The van der Waals surface area contributed by atoms with E-state index in [0.29, 0.717) is 12.0 Å². The van der Waals surface area contributed by atoms with E-state index < -0.39 is 0 Å². The maximum atomic E-state index is 4.43. The van der Waals surface area contributed by atoms with E-state index in [0.717, 1.165) is 25.3 Å². The number of aromatic nitrogens is 2. The molecule has 4 heteroatoms. The number of hydrogen-bond donors (Lipinski definition) is 2. The van der Waals surface area contributed by atoms with Gasteiger partial charge >= 0.3 is 0 Å². The third-order valence-corrected chi connectivity index (χ3v) is 3.29. The molecule has 18 heavy (non-hydrogen) atoms. The van der Waals surface area contributed by atoms with Gasteiger partial charge in [-0.2, -0.15) is 5.10 Å². The van der Waals surface area contributed by atoms with E-state index in [1.54, 1.807) is 0 Å². The van der Waals surface area contributed by atoms with Crippen LogP contribution in [0.1, 0.15) is 37.7 Å². The minimum absolute atomic E-state index is 0.475. The van der Waals surface area contributed by atoms with E-state index in [1.165, 1.54) is 11.3 Å². The van der Waals surface area contributed by atoms with E-state index >= 15 is 0 Å². The molecule has 0 aliphatic carbocycles. The molecule has 1 aromatic heterocycles. The van der Waals surface area contributed by atoms with Crippen LogP contribution < -0.4 is 10.6 Å². The van der Waals surface area contributed by atoms with Gasteiger partial charge in [-0.1, -0.05) is 13.8 Å². The van der Waals surface area contributed by atoms with Gasteiger partial charge in [0, 0.05) is 37.4 Å². The van der Waals surface area contributed by atoms with Crippen molar-refractivity contribution in [1.82, 2.24) is 20.4 Å². The lowest BCUT2D eigenvalue weighted by Crippen LogP contribution is -2.37. The smallest absolute Gasteiger partial charge is 0.0641 e. The lowest BCUT2D eigenvalue weighted by atomic mass is 10.2. The van der Waals surface area contributed by atoms with Crippen molar-refractivity contribution in [3.63, 3.8) is 0 Å². The van der Waals surface area contributed by atoms with Gasteiger partial charge in [-0.05, 0) is 33.2 Å². The van der Waals surface area contributed by atoms with Gasteiger partial charge in [-0.25, -0.2) is 0 Å². The topological polar surface area (TPSA) is 41.9 Å². The maximum Gasteiger partial charge on any atom is 0.0641 e. The number of rotatable bonds is 7. The summed E-state index contributed by atoms with van der Waals surface area (Å²) in [5, 5.41) is 11.5. The highest BCUT2D eigenvalue weighted by Gasteiger charge is 2.10. The zero-order valence-electron chi connectivity index (χ0n) is 12.7. The fourth-order valence-electron chi connectivity index (χ4n) is 2.01. The molecule has 0 aliphatic heterocycles. The van der Waals surface area contributed by atoms with Gasteiger partial charge in [0.2, 0.25) is 0 Å². The molecule has 1 rings (SSSR count). The molecule has 0 amide bonds. The lowest BCUT2D eigenvalue weighted by Gasteiger charge is -2.16. The Labute approximate surface area is 111 Å². The van der Waals surface area contributed by atoms with E-state index in [2.05, 4.69) is 50.4 Å². The summed E-state index contributed by atoms with van der Waals surface area (Å²) in [6.45, 7) is 13.9. The van der Waals surface area contributed by atoms with Gasteiger partial charge in [0.1, 0.15) is 0 Å². The average molecular weight is 252 g/mol. The van der Waals surface area contributed by atoms with Crippen molar-refractivity contribution in [3.05, 3.63) is 17.0 Å². The molecule has 0 saturated heterocycles. The Morgan fingerprint density at radius 3 is 2.33 bits per heavy atom. The van der Waals surface area contributed by atoms with Crippen LogP contribution in [0.2, 0.25) is 0 Å². The van der Waals surface area contributed by atoms with Gasteiger partial charge in [0.15, 0.2) is 0 Å². The van der Waals surface area contributed by atoms with Crippen molar-refractivity contribution in [2.24, 2.45) is 13.0 Å². The Bertz CT molecular complexity index is 368. The monoisotopic (exact) mass is 252 g/mol. The summed E-state index contributed by atoms with van der Waals surface area (Å²) >= 11 is 0. The molecule has 0 saturated carbocycles. The van der Waals surface area contributed by atoms with Gasteiger partial charge in [-0.3, -0.25) is 4.68 Å². The van der Waals surface area contributed by atoms with Crippen molar-refractivity contribution >= 4 is 0 Å². The quantitative estimate of drug-likeness (QED) is 0.777. The van der Waals surface area contributed by atoms with Crippen LogP contribution in [0, 0.1) is 19.8 Å².